The van der Waals surface area contributed by atoms with Gasteiger partial charge in [0, 0.05) is 5.57 Å². The summed E-state index contributed by atoms with van der Waals surface area (Å²) < 4.78 is 18.2. The zero-order valence-corrected chi connectivity index (χ0v) is 8.65. The van der Waals surface area contributed by atoms with Crippen molar-refractivity contribution in [3.63, 3.8) is 0 Å². The van der Waals surface area contributed by atoms with E-state index in [0.29, 0.717) is 12.0 Å². The molecule has 3 nitrogen and oxygen atoms in total. The summed E-state index contributed by atoms with van der Waals surface area (Å²) in [6.45, 7) is 3.34. The second-order valence-corrected chi connectivity index (χ2v) is 2.54. The van der Waals surface area contributed by atoms with E-state index in [1.165, 1.54) is 0 Å². The van der Waals surface area contributed by atoms with Crippen molar-refractivity contribution in [1.29, 1.82) is 5.26 Å². The van der Waals surface area contributed by atoms with Gasteiger partial charge in [0.25, 0.3) is 0 Å². The van der Waals surface area contributed by atoms with Crippen molar-refractivity contribution in [3.8, 4) is 6.07 Å². The van der Waals surface area contributed by atoms with Crippen LogP contribution in [0.25, 0.3) is 0 Å². The van der Waals surface area contributed by atoms with Crippen LogP contribution < -0.4 is 29.6 Å². The molecular formula is C5H8NNaO2S. The van der Waals surface area contributed by atoms with Crippen LogP contribution in [-0.2, 0) is 11.1 Å². The van der Waals surface area contributed by atoms with Gasteiger partial charge in [0.05, 0.1) is 11.8 Å². The Morgan fingerprint density at radius 2 is 2.40 bits per heavy atom. The van der Waals surface area contributed by atoms with Crippen LogP contribution in [0.15, 0.2) is 12.2 Å². The number of nitrogens with zero attached hydrogens (tertiary/aromatic N) is 1. The van der Waals surface area contributed by atoms with Gasteiger partial charge >= 0.3 is 29.6 Å². The molecule has 5 heteroatoms. The van der Waals surface area contributed by atoms with Crippen LogP contribution in [0.1, 0.15) is 7.85 Å². The number of nitriles is 1. The quantitative estimate of drug-likeness (QED) is 0.296. The molecule has 1 unspecified atom stereocenters. The normalized spacial score (nSPS) is 10.8. The molecule has 0 heterocycles. The minimum atomic E-state index is -1.80. The molecule has 10 heavy (non-hydrogen) atoms. The molecule has 0 aliphatic carbocycles. The third-order valence-electron chi connectivity index (χ3n) is 0.737. The number of rotatable bonds is 3. The average Bonchev–Trinajstić information content (AvgIpc) is 1.83. The van der Waals surface area contributed by atoms with E-state index in [4.69, 9.17) is 9.81 Å². The average molecular weight is 169 g/mol. The summed E-state index contributed by atoms with van der Waals surface area (Å²) in [4.78, 5) is 0. The Balaban J connectivity index is -0.000000320. The molecule has 0 aromatic carbocycles. The molecule has 1 atom stereocenters. The molecular weight excluding hydrogens is 161 g/mol. The molecule has 0 saturated carbocycles. The van der Waals surface area contributed by atoms with Gasteiger partial charge < -0.3 is 5.98 Å². The van der Waals surface area contributed by atoms with Gasteiger partial charge in [-0.2, -0.15) is 5.26 Å². The Hall–Kier alpha value is 0.340. The van der Waals surface area contributed by atoms with Crippen molar-refractivity contribution in [2.24, 2.45) is 0 Å². The van der Waals surface area contributed by atoms with Crippen molar-refractivity contribution >= 4 is 11.1 Å². The molecule has 0 aromatic heterocycles. The van der Waals surface area contributed by atoms with Gasteiger partial charge in [0.1, 0.15) is 0 Å². The molecule has 0 fully saturated rings. The number of hydrogen-bond acceptors (Lipinski definition) is 2. The predicted octanol–water partition coefficient (Wildman–Crippen LogP) is -2.21. The molecule has 0 radical (unpaired) electrons. The smallest absolute Gasteiger partial charge is 1.00 e. The Morgan fingerprint density at radius 1 is 1.90 bits per heavy atom. The van der Waals surface area contributed by atoms with Crippen molar-refractivity contribution in [1.82, 2.24) is 0 Å². The van der Waals surface area contributed by atoms with Gasteiger partial charge in [0.15, 0.2) is 11.1 Å². The summed E-state index contributed by atoms with van der Waals surface area (Å²) in [7, 11) is 0. The van der Waals surface area contributed by atoms with Gasteiger partial charge in [-0.3, -0.25) is 0 Å². The molecule has 0 aromatic rings. The van der Waals surface area contributed by atoms with E-state index < -0.39 is 11.1 Å². The third kappa shape index (κ3) is 8.34. The van der Waals surface area contributed by atoms with E-state index in [9.17, 15) is 4.21 Å². The van der Waals surface area contributed by atoms with Crippen molar-refractivity contribution in [2.45, 2.75) is 6.42 Å². The molecule has 52 valence electrons. The van der Waals surface area contributed by atoms with E-state index in [1.54, 1.807) is 6.07 Å². The maximum absolute atomic E-state index is 9.98. The molecule has 0 rings (SSSR count). The number of hydrogen-bond donors (Lipinski definition) is 1. The second kappa shape index (κ2) is 7.45. The molecule has 0 aliphatic heterocycles. The second-order valence-electron chi connectivity index (χ2n) is 1.49. The molecule has 0 spiro atoms. The largest absolute Gasteiger partial charge is 1.00 e. The fraction of sp³-hybridized carbons (Fsp3) is 0.400. The van der Waals surface area contributed by atoms with Crippen LogP contribution in [0, 0.1) is 11.3 Å². The minimum Gasteiger partial charge on any atom is -1.00 e. The Bertz CT molecular complexity index is 180. The van der Waals surface area contributed by atoms with Crippen molar-refractivity contribution in [2.75, 3.05) is 5.75 Å². The Labute approximate surface area is 86.2 Å². The van der Waals surface area contributed by atoms with Gasteiger partial charge in [-0.1, -0.05) is 6.58 Å². The van der Waals surface area contributed by atoms with E-state index in [0.717, 1.165) is 0 Å². The summed E-state index contributed by atoms with van der Waals surface area (Å²) in [6.07, 6.45) is 0.305. The van der Waals surface area contributed by atoms with E-state index in [1.807, 2.05) is 0 Å². The van der Waals surface area contributed by atoms with Crippen LogP contribution in [0.3, 0.4) is 0 Å². The van der Waals surface area contributed by atoms with E-state index in [-0.39, 0.29) is 36.7 Å². The molecule has 0 saturated heterocycles. The van der Waals surface area contributed by atoms with Crippen LogP contribution >= 0.6 is 0 Å². The zero-order chi connectivity index (χ0) is 7.28. The molecule has 1 N–H and O–H groups in total. The van der Waals surface area contributed by atoms with Crippen LogP contribution in [-0.4, -0.2) is 14.5 Å². The van der Waals surface area contributed by atoms with E-state index in [2.05, 4.69) is 6.58 Å². The maximum Gasteiger partial charge on any atom is 1.00 e. The fourth-order valence-electron chi connectivity index (χ4n) is 0.266. The van der Waals surface area contributed by atoms with Crippen LogP contribution in [0.5, 0.6) is 0 Å². The van der Waals surface area contributed by atoms with Gasteiger partial charge in [-0.05, 0) is 6.42 Å². The summed E-state index contributed by atoms with van der Waals surface area (Å²) >= 11 is -1.80. The summed E-state index contributed by atoms with van der Waals surface area (Å²) in [6, 6.07) is 1.78. The molecule has 0 bridgehead atoms. The number of allylic oxidation sites excluding steroid dienone is 1. The van der Waals surface area contributed by atoms with Gasteiger partial charge in [-0.25, -0.2) is 4.21 Å². The first-order chi connectivity index (χ1) is 4.16. The minimum absolute atomic E-state index is 0. The van der Waals surface area contributed by atoms with Crippen LogP contribution in [0.2, 0.25) is 0 Å². The standard InChI is InChI=1S/C5H7NO2S.Na.H/c1-5(4-6)2-3-9(7)8;;/h1-3H2,(H,7,8);;/q;+1;-1. The first-order valence-corrected chi connectivity index (χ1v) is 3.59. The fourth-order valence-corrected chi connectivity index (χ4v) is 0.687. The summed E-state index contributed by atoms with van der Waals surface area (Å²) in [5, 5.41) is 8.12. The van der Waals surface area contributed by atoms with Crippen molar-refractivity contribution < 1.29 is 39.7 Å². The Morgan fingerprint density at radius 3 is 2.70 bits per heavy atom. The first-order valence-electron chi connectivity index (χ1n) is 2.32. The SMILES string of the molecule is C=C(C#N)CCS(=O)O.[H-].[Na+]. The molecule has 0 aliphatic rings. The molecule has 0 amide bonds. The summed E-state index contributed by atoms with van der Waals surface area (Å²) in [5.41, 5.74) is 0.345. The third-order valence-corrected chi connectivity index (χ3v) is 1.29. The van der Waals surface area contributed by atoms with Crippen LogP contribution in [0.4, 0.5) is 0 Å². The topological polar surface area (TPSA) is 61.1 Å². The maximum atomic E-state index is 9.98. The first kappa shape index (κ1) is 13.0. The van der Waals surface area contributed by atoms with Crippen molar-refractivity contribution in [3.05, 3.63) is 12.2 Å². The summed E-state index contributed by atoms with van der Waals surface area (Å²) in [5.74, 6) is 0.104. The zero-order valence-electron chi connectivity index (χ0n) is 6.83. The van der Waals surface area contributed by atoms with E-state index >= 15 is 0 Å². The van der Waals surface area contributed by atoms with Gasteiger partial charge in [-0.15, -0.1) is 0 Å². The monoisotopic (exact) mass is 169 g/mol. The Kier molecular flexibility index (Phi) is 9.66. The van der Waals surface area contributed by atoms with Gasteiger partial charge in [0.2, 0.25) is 0 Å². The predicted molar refractivity (Wildman–Crippen MR) is 36.1 cm³/mol.